The summed E-state index contributed by atoms with van der Waals surface area (Å²) in [6.45, 7) is 3.63. The first-order chi connectivity index (χ1) is 20.4. The third kappa shape index (κ3) is 20.4. The Morgan fingerprint density at radius 3 is 0.952 bits per heavy atom. The molecule has 0 spiro atoms. The van der Waals surface area contributed by atoms with E-state index in [1.165, 1.54) is 116 Å². The first kappa shape index (κ1) is 41.4. The molecule has 0 aliphatic rings. The lowest BCUT2D eigenvalue weighted by Crippen LogP contribution is -2.34. The van der Waals surface area contributed by atoms with Gasteiger partial charge < -0.3 is 19.9 Å². The second-order valence-corrected chi connectivity index (χ2v) is 15.4. The largest absolute Gasteiger partial charge is 0.394 e. The third-order valence-electron chi connectivity index (χ3n) is 8.63. The highest BCUT2D eigenvalue weighted by atomic mass is 31.2. The van der Waals surface area contributed by atoms with E-state index in [0.717, 1.165) is 38.5 Å². The van der Waals surface area contributed by atoms with E-state index in [-0.39, 0.29) is 12.8 Å². The maximum absolute atomic E-state index is 13.6. The van der Waals surface area contributed by atoms with Gasteiger partial charge in [-0.1, -0.05) is 168 Å². The van der Waals surface area contributed by atoms with Crippen LogP contribution in [-0.4, -0.2) is 44.9 Å². The molecule has 0 aliphatic carbocycles. The van der Waals surface area contributed by atoms with Crippen molar-refractivity contribution in [1.82, 2.24) is 0 Å². The van der Waals surface area contributed by atoms with E-state index in [4.69, 9.17) is 0 Å². The molecule has 0 rings (SSSR count). The molecular weight excluding hydrogens is 547 g/mol. The van der Waals surface area contributed by atoms with E-state index >= 15 is 0 Å². The molecule has 250 valence electrons. The van der Waals surface area contributed by atoms with Gasteiger partial charge in [-0.15, -0.1) is 0 Å². The standard InChI is InChI=1S/C35H69O6P/c1-3-5-7-9-11-13-15-17-19-21-23-25-27-29-33(38)42(41,35(40)32(37)31-36)34(39)30-28-26-24-22-20-18-16-14-12-10-8-6-4-2/h32,35-37,40H,3-31H2,1-2H3. The van der Waals surface area contributed by atoms with Crippen LogP contribution in [0.3, 0.4) is 0 Å². The zero-order valence-electron chi connectivity index (χ0n) is 27.7. The van der Waals surface area contributed by atoms with Gasteiger partial charge in [0.15, 0.2) is 0 Å². The summed E-state index contributed by atoms with van der Waals surface area (Å²) < 4.78 is 13.6. The van der Waals surface area contributed by atoms with Crippen LogP contribution >= 0.6 is 7.14 Å². The van der Waals surface area contributed by atoms with Crippen molar-refractivity contribution in [3.8, 4) is 0 Å². The van der Waals surface area contributed by atoms with E-state index < -0.39 is 36.7 Å². The lowest BCUT2D eigenvalue weighted by atomic mass is 10.0. The van der Waals surface area contributed by atoms with Gasteiger partial charge in [0, 0.05) is 12.8 Å². The van der Waals surface area contributed by atoms with E-state index in [0.29, 0.717) is 12.8 Å². The predicted octanol–water partition coefficient (Wildman–Crippen LogP) is 10.0. The van der Waals surface area contributed by atoms with Crippen molar-refractivity contribution < 1.29 is 29.5 Å². The molecule has 0 saturated heterocycles. The van der Waals surface area contributed by atoms with Crippen molar-refractivity contribution in [2.24, 2.45) is 0 Å². The Morgan fingerprint density at radius 1 is 0.476 bits per heavy atom. The molecule has 0 heterocycles. The van der Waals surface area contributed by atoms with Crippen LogP contribution < -0.4 is 0 Å². The van der Waals surface area contributed by atoms with Gasteiger partial charge in [0.05, 0.1) is 6.61 Å². The van der Waals surface area contributed by atoms with E-state index in [1.54, 1.807) is 0 Å². The smallest absolute Gasteiger partial charge is 0.240 e. The van der Waals surface area contributed by atoms with Gasteiger partial charge in [-0.05, 0) is 12.8 Å². The molecule has 0 radical (unpaired) electrons. The Kier molecular flexibility index (Phi) is 28.8. The van der Waals surface area contributed by atoms with E-state index in [9.17, 15) is 29.5 Å². The predicted molar refractivity (Wildman–Crippen MR) is 177 cm³/mol. The maximum atomic E-state index is 13.6. The summed E-state index contributed by atoms with van der Waals surface area (Å²) in [6.07, 6.45) is 28.3. The minimum absolute atomic E-state index is 0.0331. The summed E-state index contributed by atoms with van der Waals surface area (Å²) >= 11 is 0. The molecule has 0 bridgehead atoms. The van der Waals surface area contributed by atoms with Crippen molar-refractivity contribution in [2.75, 3.05) is 6.61 Å². The Morgan fingerprint density at radius 2 is 0.714 bits per heavy atom. The summed E-state index contributed by atoms with van der Waals surface area (Å²) in [6, 6.07) is 0. The molecule has 0 fully saturated rings. The quantitative estimate of drug-likeness (QED) is 0.0500. The maximum Gasteiger partial charge on any atom is 0.240 e. The molecule has 0 aromatic heterocycles. The second kappa shape index (κ2) is 29.2. The number of hydrogen-bond acceptors (Lipinski definition) is 6. The van der Waals surface area contributed by atoms with Crippen molar-refractivity contribution in [3.05, 3.63) is 0 Å². The molecule has 42 heavy (non-hydrogen) atoms. The fraction of sp³-hybridized carbons (Fsp3) is 0.943. The molecular formula is C35H69O6P. The van der Waals surface area contributed by atoms with Crippen molar-refractivity contribution in [3.63, 3.8) is 0 Å². The van der Waals surface area contributed by atoms with E-state index in [2.05, 4.69) is 13.8 Å². The highest BCUT2D eigenvalue weighted by Crippen LogP contribution is 2.55. The highest BCUT2D eigenvalue weighted by Gasteiger charge is 2.47. The molecule has 0 saturated carbocycles. The third-order valence-corrected chi connectivity index (χ3v) is 11.7. The second-order valence-electron chi connectivity index (χ2n) is 12.6. The monoisotopic (exact) mass is 616 g/mol. The number of hydrogen-bond donors (Lipinski definition) is 3. The van der Waals surface area contributed by atoms with Crippen molar-refractivity contribution >= 4 is 18.2 Å². The molecule has 7 heteroatoms. The summed E-state index contributed by atoms with van der Waals surface area (Å²) in [5, 5.41) is 29.7. The highest BCUT2D eigenvalue weighted by molar-refractivity contribution is 7.94. The fourth-order valence-corrected chi connectivity index (χ4v) is 8.12. The average Bonchev–Trinajstić information content (AvgIpc) is 3.00. The van der Waals surface area contributed by atoms with Crippen LogP contribution in [0.15, 0.2) is 0 Å². The topological polar surface area (TPSA) is 112 Å². The number of carbonyl (C=O) groups excluding carboxylic acids is 2. The molecule has 3 N–H and O–H groups in total. The zero-order chi connectivity index (χ0) is 31.3. The summed E-state index contributed by atoms with van der Waals surface area (Å²) in [7, 11) is -4.37. The number of rotatable bonds is 33. The van der Waals surface area contributed by atoms with Crippen LogP contribution in [0.1, 0.15) is 194 Å². The Hall–Kier alpha value is -0.550. The zero-order valence-corrected chi connectivity index (χ0v) is 28.6. The normalized spacial score (nSPS) is 13.4. The van der Waals surface area contributed by atoms with Gasteiger partial charge in [0.25, 0.3) is 0 Å². The van der Waals surface area contributed by atoms with Gasteiger partial charge in [0.1, 0.15) is 11.9 Å². The lowest BCUT2D eigenvalue weighted by molar-refractivity contribution is -0.116. The van der Waals surface area contributed by atoms with Crippen LogP contribution in [-0.2, 0) is 14.2 Å². The average molecular weight is 617 g/mol. The molecule has 2 unspecified atom stereocenters. The van der Waals surface area contributed by atoms with E-state index in [1.807, 2.05) is 0 Å². The van der Waals surface area contributed by atoms with Gasteiger partial charge in [-0.3, -0.25) is 9.59 Å². The van der Waals surface area contributed by atoms with Crippen LogP contribution in [0, 0.1) is 0 Å². The molecule has 6 nitrogen and oxygen atoms in total. The fourth-order valence-electron chi connectivity index (χ4n) is 5.69. The van der Waals surface area contributed by atoms with Gasteiger partial charge in [-0.25, -0.2) is 0 Å². The summed E-state index contributed by atoms with van der Waals surface area (Å²) in [5.74, 6) is -2.02. The minimum Gasteiger partial charge on any atom is -0.394 e. The Balaban J connectivity index is 4.24. The first-order valence-electron chi connectivity index (χ1n) is 18.0. The number of unbranched alkanes of at least 4 members (excludes halogenated alkanes) is 24. The van der Waals surface area contributed by atoms with Gasteiger partial charge in [-0.2, -0.15) is 0 Å². The van der Waals surface area contributed by atoms with Gasteiger partial charge in [0.2, 0.25) is 18.2 Å². The van der Waals surface area contributed by atoms with Crippen molar-refractivity contribution in [1.29, 1.82) is 0 Å². The SMILES string of the molecule is CCCCCCCCCCCCCCCC(=O)P(=O)(C(=O)CCCCCCCCCCCCCCC)C(O)C(O)CO. The van der Waals surface area contributed by atoms with Crippen LogP contribution in [0.5, 0.6) is 0 Å². The summed E-state index contributed by atoms with van der Waals surface area (Å²) in [4.78, 5) is 25.9. The van der Waals surface area contributed by atoms with Gasteiger partial charge >= 0.3 is 0 Å². The minimum atomic E-state index is -4.37. The molecule has 0 amide bonds. The van der Waals surface area contributed by atoms with Crippen LogP contribution in [0.4, 0.5) is 0 Å². The number of aliphatic hydroxyl groups excluding tert-OH is 3. The number of carbonyl (C=O) groups is 2. The molecule has 0 aliphatic heterocycles. The Bertz CT molecular complexity index is 636. The number of aliphatic hydroxyl groups is 3. The van der Waals surface area contributed by atoms with Crippen LogP contribution in [0.25, 0.3) is 0 Å². The lowest BCUT2D eigenvalue weighted by Gasteiger charge is -2.24. The molecule has 2 atom stereocenters. The molecule has 0 aromatic rings. The summed E-state index contributed by atoms with van der Waals surface area (Å²) in [5.41, 5.74) is -1.49. The van der Waals surface area contributed by atoms with Crippen molar-refractivity contribution in [2.45, 2.75) is 206 Å². The first-order valence-corrected chi connectivity index (χ1v) is 19.8. The Labute approximate surface area is 259 Å². The van der Waals surface area contributed by atoms with Crippen LogP contribution in [0.2, 0.25) is 0 Å². The molecule has 0 aromatic carbocycles.